The highest BCUT2D eigenvalue weighted by Crippen LogP contribution is 2.11. The van der Waals surface area contributed by atoms with Gasteiger partial charge in [0.1, 0.15) is 0 Å². The largest absolute Gasteiger partial charge is 0.409 e. The third-order valence-corrected chi connectivity index (χ3v) is 3.74. The molecule has 0 fully saturated rings. The SMILES string of the molecule is CSCC(C)N(C)Cc1cccc(/C(N)=N/O)c1. The number of hydrogen-bond acceptors (Lipinski definition) is 4. The summed E-state index contributed by atoms with van der Waals surface area (Å²) in [5.41, 5.74) is 7.50. The molecule has 0 radical (unpaired) electrons. The molecule has 0 aliphatic heterocycles. The highest BCUT2D eigenvalue weighted by Gasteiger charge is 2.09. The summed E-state index contributed by atoms with van der Waals surface area (Å²) in [5, 5.41) is 11.7. The molecule has 1 atom stereocenters. The van der Waals surface area contributed by atoms with Gasteiger partial charge in [-0.1, -0.05) is 23.4 Å². The average molecular weight is 267 g/mol. The highest BCUT2D eigenvalue weighted by atomic mass is 32.2. The zero-order valence-electron chi connectivity index (χ0n) is 11.1. The van der Waals surface area contributed by atoms with Gasteiger partial charge in [0, 0.05) is 23.9 Å². The van der Waals surface area contributed by atoms with Crippen molar-refractivity contribution in [2.75, 3.05) is 19.1 Å². The predicted molar refractivity (Wildman–Crippen MR) is 78.3 cm³/mol. The van der Waals surface area contributed by atoms with E-state index in [-0.39, 0.29) is 5.84 Å². The Morgan fingerprint density at radius 3 is 2.89 bits per heavy atom. The smallest absolute Gasteiger partial charge is 0.170 e. The van der Waals surface area contributed by atoms with Crippen molar-refractivity contribution in [2.24, 2.45) is 10.9 Å². The second-order valence-corrected chi connectivity index (χ2v) is 5.32. The van der Waals surface area contributed by atoms with Crippen LogP contribution in [0.3, 0.4) is 0 Å². The van der Waals surface area contributed by atoms with Crippen LogP contribution >= 0.6 is 11.8 Å². The zero-order valence-corrected chi connectivity index (χ0v) is 11.9. The van der Waals surface area contributed by atoms with Crippen molar-refractivity contribution in [3.63, 3.8) is 0 Å². The fourth-order valence-electron chi connectivity index (χ4n) is 1.70. The van der Waals surface area contributed by atoms with Crippen LogP contribution in [-0.2, 0) is 6.54 Å². The number of thioether (sulfide) groups is 1. The molecule has 1 aromatic carbocycles. The highest BCUT2D eigenvalue weighted by molar-refractivity contribution is 7.98. The van der Waals surface area contributed by atoms with Crippen LogP contribution in [0.25, 0.3) is 0 Å². The van der Waals surface area contributed by atoms with E-state index in [2.05, 4.69) is 36.3 Å². The Kier molecular flexibility index (Phi) is 6.01. The van der Waals surface area contributed by atoms with E-state index in [1.54, 1.807) is 0 Å². The molecule has 0 saturated heterocycles. The van der Waals surface area contributed by atoms with Gasteiger partial charge in [-0.05, 0) is 31.9 Å². The molecule has 1 rings (SSSR count). The van der Waals surface area contributed by atoms with Crippen molar-refractivity contribution in [1.82, 2.24) is 4.90 Å². The normalized spacial score (nSPS) is 13.9. The second-order valence-electron chi connectivity index (χ2n) is 4.41. The van der Waals surface area contributed by atoms with E-state index in [0.717, 1.165) is 23.4 Å². The average Bonchev–Trinajstić information content (AvgIpc) is 2.38. The molecule has 1 unspecified atom stereocenters. The van der Waals surface area contributed by atoms with Gasteiger partial charge >= 0.3 is 0 Å². The van der Waals surface area contributed by atoms with Crippen molar-refractivity contribution < 1.29 is 5.21 Å². The first kappa shape index (κ1) is 14.9. The Labute approximate surface area is 113 Å². The molecule has 0 saturated carbocycles. The monoisotopic (exact) mass is 267 g/mol. The van der Waals surface area contributed by atoms with Gasteiger partial charge in [0.05, 0.1) is 0 Å². The molecule has 100 valence electrons. The number of nitrogens with zero attached hydrogens (tertiary/aromatic N) is 2. The molecule has 0 amide bonds. The Hall–Kier alpha value is -1.20. The minimum Gasteiger partial charge on any atom is -0.409 e. The maximum atomic E-state index is 8.67. The first-order valence-corrected chi connectivity index (χ1v) is 7.24. The summed E-state index contributed by atoms with van der Waals surface area (Å²) in [6, 6.07) is 8.29. The van der Waals surface area contributed by atoms with Gasteiger partial charge in [-0.2, -0.15) is 11.8 Å². The molecular weight excluding hydrogens is 246 g/mol. The number of hydrogen-bond donors (Lipinski definition) is 2. The lowest BCUT2D eigenvalue weighted by molar-refractivity contribution is 0.269. The van der Waals surface area contributed by atoms with Gasteiger partial charge in [0.25, 0.3) is 0 Å². The number of amidine groups is 1. The summed E-state index contributed by atoms with van der Waals surface area (Å²) in [7, 11) is 2.11. The maximum absolute atomic E-state index is 8.67. The van der Waals surface area contributed by atoms with E-state index in [0.29, 0.717) is 6.04 Å². The van der Waals surface area contributed by atoms with Crippen LogP contribution in [0.15, 0.2) is 29.4 Å². The number of benzene rings is 1. The quantitative estimate of drug-likeness (QED) is 0.358. The van der Waals surface area contributed by atoms with Crippen molar-refractivity contribution in [1.29, 1.82) is 0 Å². The van der Waals surface area contributed by atoms with Gasteiger partial charge in [0.2, 0.25) is 0 Å². The van der Waals surface area contributed by atoms with E-state index < -0.39 is 0 Å². The molecular formula is C13H21N3OS. The van der Waals surface area contributed by atoms with Crippen LogP contribution in [0.4, 0.5) is 0 Å². The number of oxime groups is 1. The number of nitrogens with two attached hydrogens (primary N) is 1. The van der Waals surface area contributed by atoms with Gasteiger partial charge in [-0.25, -0.2) is 0 Å². The third kappa shape index (κ3) is 4.23. The van der Waals surface area contributed by atoms with Crippen molar-refractivity contribution >= 4 is 17.6 Å². The van der Waals surface area contributed by atoms with E-state index >= 15 is 0 Å². The maximum Gasteiger partial charge on any atom is 0.170 e. The summed E-state index contributed by atoms with van der Waals surface area (Å²) in [6.45, 7) is 3.07. The third-order valence-electron chi connectivity index (χ3n) is 2.92. The molecule has 5 heteroatoms. The molecule has 3 N–H and O–H groups in total. The van der Waals surface area contributed by atoms with Crippen molar-refractivity contribution in [2.45, 2.75) is 19.5 Å². The lowest BCUT2D eigenvalue weighted by atomic mass is 10.1. The Morgan fingerprint density at radius 1 is 1.56 bits per heavy atom. The summed E-state index contributed by atoms with van der Waals surface area (Å²) in [4.78, 5) is 2.29. The van der Waals surface area contributed by atoms with E-state index in [1.165, 1.54) is 0 Å². The van der Waals surface area contributed by atoms with E-state index in [4.69, 9.17) is 10.9 Å². The molecule has 4 nitrogen and oxygen atoms in total. The molecule has 0 spiro atoms. The molecule has 0 aliphatic rings. The van der Waals surface area contributed by atoms with E-state index in [9.17, 15) is 0 Å². The summed E-state index contributed by atoms with van der Waals surface area (Å²) < 4.78 is 0. The first-order valence-electron chi connectivity index (χ1n) is 5.84. The Balaban J connectivity index is 2.73. The summed E-state index contributed by atoms with van der Waals surface area (Å²) >= 11 is 1.85. The second kappa shape index (κ2) is 7.28. The van der Waals surface area contributed by atoms with Crippen LogP contribution < -0.4 is 5.73 Å². The van der Waals surface area contributed by atoms with Crippen LogP contribution in [0.5, 0.6) is 0 Å². The lowest BCUT2D eigenvalue weighted by Gasteiger charge is -2.24. The molecule has 0 bridgehead atoms. The van der Waals surface area contributed by atoms with Gasteiger partial charge in [-0.15, -0.1) is 0 Å². The van der Waals surface area contributed by atoms with Crippen LogP contribution in [0.1, 0.15) is 18.1 Å². The van der Waals surface area contributed by atoms with Crippen molar-refractivity contribution in [3.8, 4) is 0 Å². The minimum atomic E-state index is 0.150. The molecule has 0 heterocycles. The van der Waals surface area contributed by atoms with Gasteiger partial charge in [-0.3, -0.25) is 4.90 Å². The van der Waals surface area contributed by atoms with Crippen molar-refractivity contribution in [3.05, 3.63) is 35.4 Å². The number of rotatable bonds is 6. The standard InChI is InChI=1S/C13H21N3OS/c1-10(9-18-3)16(2)8-11-5-4-6-12(7-11)13(14)15-17/h4-7,10,17H,8-9H2,1-3H3,(H2,14,15). The molecule has 0 aromatic heterocycles. The summed E-state index contributed by atoms with van der Waals surface area (Å²) in [5.74, 6) is 1.26. The molecule has 0 aliphatic carbocycles. The van der Waals surface area contributed by atoms with Crippen LogP contribution in [0.2, 0.25) is 0 Å². The molecule has 18 heavy (non-hydrogen) atoms. The molecule has 1 aromatic rings. The lowest BCUT2D eigenvalue weighted by Crippen LogP contribution is -2.30. The van der Waals surface area contributed by atoms with E-state index in [1.807, 2.05) is 30.0 Å². The van der Waals surface area contributed by atoms with Crippen LogP contribution in [0, 0.1) is 0 Å². The van der Waals surface area contributed by atoms with Gasteiger partial charge < -0.3 is 10.9 Å². The van der Waals surface area contributed by atoms with Gasteiger partial charge in [0.15, 0.2) is 5.84 Å². The fraction of sp³-hybridized carbons (Fsp3) is 0.462. The zero-order chi connectivity index (χ0) is 13.5. The predicted octanol–water partition coefficient (Wildman–Crippen LogP) is 1.96. The first-order chi connectivity index (χ1) is 8.58. The fourth-order valence-corrected chi connectivity index (χ4v) is 2.44. The summed E-state index contributed by atoms with van der Waals surface area (Å²) in [6.07, 6.45) is 2.11. The Morgan fingerprint density at radius 2 is 2.28 bits per heavy atom. The van der Waals surface area contributed by atoms with Crippen LogP contribution in [-0.4, -0.2) is 41.0 Å². The Bertz CT molecular complexity index is 409. The minimum absolute atomic E-state index is 0.150. The topological polar surface area (TPSA) is 61.8 Å².